The van der Waals surface area contributed by atoms with Crippen molar-refractivity contribution in [2.24, 2.45) is 17.3 Å². The predicted molar refractivity (Wildman–Crippen MR) is 110 cm³/mol. The number of hydrogen-bond acceptors (Lipinski definition) is 4. The van der Waals surface area contributed by atoms with Crippen LogP contribution in [0.2, 0.25) is 0 Å². The van der Waals surface area contributed by atoms with Crippen molar-refractivity contribution in [2.45, 2.75) is 71.8 Å². The Kier molecular flexibility index (Phi) is 4.83. The van der Waals surface area contributed by atoms with Crippen LogP contribution in [0, 0.1) is 38.0 Å². The van der Waals surface area contributed by atoms with E-state index < -0.39 is 5.41 Å². The number of rotatable bonds is 5. The minimum atomic E-state index is -0.551. The molecule has 5 nitrogen and oxygen atoms in total. The standard InChI is InChI=1S/C24H31NO4/c1-14-5-15(2)21(16(3)6-14)20(27)12-29-22(28)23-8-18-7-19(9-23)11-24(10-18,13-23)25-17(4)26/h5-6,18-19H,7-13H2,1-4H3,(H,25,26). The summed E-state index contributed by atoms with van der Waals surface area (Å²) in [5.74, 6) is 0.476. The van der Waals surface area contributed by atoms with Gasteiger partial charge in [0.25, 0.3) is 0 Å². The number of ether oxygens (including phenoxy) is 1. The zero-order valence-electron chi connectivity index (χ0n) is 17.9. The van der Waals surface area contributed by atoms with Gasteiger partial charge in [0.15, 0.2) is 6.61 Å². The molecule has 0 aliphatic heterocycles. The van der Waals surface area contributed by atoms with Crippen molar-refractivity contribution in [1.82, 2.24) is 5.32 Å². The molecule has 29 heavy (non-hydrogen) atoms. The fourth-order valence-electron chi connectivity index (χ4n) is 7.00. The summed E-state index contributed by atoms with van der Waals surface area (Å²) in [5, 5.41) is 3.16. The summed E-state index contributed by atoms with van der Waals surface area (Å²) in [5.41, 5.74) is 2.78. The molecular formula is C24H31NO4. The second kappa shape index (κ2) is 6.96. The van der Waals surface area contributed by atoms with E-state index in [0.717, 1.165) is 48.8 Å². The Morgan fingerprint density at radius 1 is 1.03 bits per heavy atom. The summed E-state index contributed by atoms with van der Waals surface area (Å²) in [4.78, 5) is 37.8. The van der Waals surface area contributed by atoms with Gasteiger partial charge in [-0.05, 0) is 82.3 Å². The van der Waals surface area contributed by atoms with Crippen LogP contribution < -0.4 is 5.32 Å². The van der Waals surface area contributed by atoms with Gasteiger partial charge in [0, 0.05) is 18.0 Å². The lowest BCUT2D eigenvalue weighted by atomic mass is 9.47. The van der Waals surface area contributed by atoms with Crippen molar-refractivity contribution in [3.8, 4) is 0 Å². The summed E-state index contributed by atoms with van der Waals surface area (Å²) in [7, 11) is 0. The molecule has 4 fully saturated rings. The molecule has 0 aromatic heterocycles. The highest BCUT2D eigenvalue weighted by molar-refractivity contribution is 6.00. The zero-order valence-corrected chi connectivity index (χ0v) is 17.9. The minimum Gasteiger partial charge on any atom is -0.457 e. The molecule has 0 radical (unpaired) electrons. The first kappa shape index (κ1) is 20.1. The highest BCUT2D eigenvalue weighted by Gasteiger charge is 2.61. The molecule has 156 valence electrons. The molecule has 0 heterocycles. The van der Waals surface area contributed by atoms with Gasteiger partial charge < -0.3 is 10.1 Å². The summed E-state index contributed by atoms with van der Waals surface area (Å²) in [6.45, 7) is 7.19. The maximum atomic E-state index is 13.2. The average Bonchev–Trinajstić information content (AvgIpc) is 2.56. The SMILES string of the molecule is CC(=O)NC12CC3CC(C1)CC(C(=O)OCC(=O)c1c(C)cc(C)cc1C)(C3)C2. The van der Waals surface area contributed by atoms with Gasteiger partial charge in [0.2, 0.25) is 11.7 Å². The van der Waals surface area contributed by atoms with Crippen LogP contribution in [0.1, 0.15) is 72.5 Å². The molecule has 1 N–H and O–H groups in total. The largest absolute Gasteiger partial charge is 0.457 e. The zero-order chi connectivity index (χ0) is 21.0. The van der Waals surface area contributed by atoms with E-state index in [9.17, 15) is 14.4 Å². The van der Waals surface area contributed by atoms with Gasteiger partial charge in [-0.25, -0.2) is 0 Å². The molecule has 2 atom stereocenters. The minimum absolute atomic E-state index is 0.0315. The average molecular weight is 398 g/mol. The molecule has 4 aliphatic rings. The summed E-state index contributed by atoms with van der Waals surface area (Å²) in [6, 6.07) is 3.97. The molecule has 1 amide bonds. The van der Waals surface area contributed by atoms with Crippen LogP contribution in [0.3, 0.4) is 0 Å². The number of hydrogen-bond donors (Lipinski definition) is 1. The Hall–Kier alpha value is -2.17. The van der Waals surface area contributed by atoms with Crippen molar-refractivity contribution >= 4 is 17.7 Å². The van der Waals surface area contributed by atoms with Crippen LogP contribution in [-0.4, -0.2) is 29.8 Å². The van der Waals surface area contributed by atoms with Crippen LogP contribution in [0.25, 0.3) is 0 Å². The molecule has 4 aliphatic carbocycles. The monoisotopic (exact) mass is 397 g/mol. The van der Waals surface area contributed by atoms with E-state index in [1.165, 1.54) is 0 Å². The van der Waals surface area contributed by atoms with Gasteiger partial charge in [0.1, 0.15) is 0 Å². The molecule has 2 unspecified atom stereocenters. The first-order chi connectivity index (χ1) is 13.6. The molecule has 0 saturated heterocycles. The van der Waals surface area contributed by atoms with Crippen molar-refractivity contribution < 1.29 is 19.1 Å². The van der Waals surface area contributed by atoms with E-state index in [-0.39, 0.29) is 29.8 Å². The topological polar surface area (TPSA) is 72.5 Å². The number of nitrogens with one attached hydrogen (secondary N) is 1. The van der Waals surface area contributed by atoms with E-state index in [0.29, 0.717) is 23.8 Å². The highest BCUT2D eigenvalue weighted by Crippen LogP contribution is 2.62. The second-order valence-electron chi connectivity index (χ2n) is 9.98. The van der Waals surface area contributed by atoms with E-state index in [2.05, 4.69) is 5.32 Å². The fourth-order valence-corrected chi connectivity index (χ4v) is 7.00. The first-order valence-electron chi connectivity index (χ1n) is 10.7. The smallest absolute Gasteiger partial charge is 0.312 e. The van der Waals surface area contributed by atoms with Gasteiger partial charge in [-0.15, -0.1) is 0 Å². The Bertz CT molecular complexity index is 850. The van der Waals surface area contributed by atoms with Gasteiger partial charge in [0.05, 0.1) is 5.41 Å². The number of carbonyl (C=O) groups is 3. The Morgan fingerprint density at radius 3 is 2.17 bits per heavy atom. The number of benzene rings is 1. The lowest BCUT2D eigenvalue weighted by Gasteiger charge is -2.60. The first-order valence-corrected chi connectivity index (χ1v) is 10.7. The number of esters is 1. The van der Waals surface area contributed by atoms with Gasteiger partial charge in [-0.2, -0.15) is 0 Å². The van der Waals surface area contributed by atoms with Crippen molar-refractivity contribution in [1.29, 1.82) is 0 Å². The Balaban J connectivity index is 1.49. The van der Waals surface area contributed by atoms with Crippen LogP contribution in [0.5, 0.6) is 0 Å². The third-order valence-electron chi connectivity index (χ3n) is 7.23. The summed E-state index contributed by atoms with van der Waals surface area (Å²) in [6.07, 6.45) is 5.33. The molecular weight excluding hydrogens is 366 g/mol. The normalized spacial score (nSPS) is 32.1. The van der Waals surface area contributed by atoms with Crippen LogP contribution in [0.4, 0.5) is 0 Å². The predicted octanol–water partition coefficient (Wildman–Crippen LogP) is 3.81. The van der Waals surface area contributed by atoms with E-state index >= 15 is 0 Å². The lowest BCUT2D eigenvalue weighted by molar-refractivity contribution is -0.174. The van der Waals surface area contributed by atoms with Gasteiger partial charge in [-0.3, -0.25) is 14.4 Å². The Morgan fingerprint density at radius 2 is 1.62 bits per heavy atom. The van der Waals surface area contributed by atoms with Crippen LogP contribution in [0.15, 0.2) is 12.1 Å². The maximum absolute atomic E-state index is 13.2. The summed E-state index contributed by atoms with van der Waals surface area (Å²) >= 11 is 0. The number of carbonyl (C=O) groups excluding carboxylic acids is 3. The van der Waals surface area contributed by atoms with Crippen LogP contribution >= 0.6 is 0 Å². The lowest BCUT2D eigenvalue weighted by Crippen LogP contribution is -2.64. The molecule has 5 heteroatoms. The molecule has 1 aromatic carbocycles. The highest BCUT2D eigenvalue weighted by atomic mass is 16.5. The Labute approximate surface area is 172 Å². The van der Waals surface area contributed by atoms with Crippen molar-refractivity contribution in [2.75, 3.05) is 6.61 Å². The molecule has 5 rings (SSSR count). The number of Topliss-reactive ketones (excluding diaryl/α,β-unsaturated/α-hetero) is 1. The van der Waals surface area contributed by atoms with E-state index in [4.69, 9.17) is 4.74 Å². The molecule has 4 bridgehead atoms. The van der Waals surface area contributed by atoms with Gasteiger partial charge >= 0.3 is 5.97 Å². The number of amides is 1. The quantitative estimate of drug-likeness (QED) is 0.606. The fraction of sp³-hybridized carbons (Fsp3) is 0.625. The van der Waals surface area contributed by atoms with Gasteiger partial charge in [-0.1, -0.05) is 17.7 Å². The molecule has 4 saturated carbocycles. The second-order valence-corrected chi connectivity index (χ2v) is 9.98. The third-order valence-corrected chi connectivity index (χ3v) is 7.23. The van der Waals surface area contributed by atoms with Crippen molar-refractivity contribution in [3.63, 3.8) is 0 Å². The number of ketones is 1. The molecule has 0 spiro atoms. The maximum Gasteiger partial charge on any atom is 0.312 e. The van der Waals surface area contributed by atoms with E-state index in [1.54, 1.807) is 6.92 Å². The van der Waals surface area contributed by atoms with E-state index in [1.807, 2.05) is 32.9 Å². The van der Waals surface area contributed by atoms with Crippen LogP contribution in [-0.2, 0) is 14.3 Å². The third kappa shape index (κ3) is 3.60. The molecule has 1 aromatic rings. The summed E-state index contributed by atoms with van der Waals surface area (Å²) < 4.78 is 5.63. The van der Waals surface area contributed by atoms with Crippen molar-refractivity contribution in [3.05, 3.63) is 34.4 Å². The number of aryl methyl sites for hydroxylation is 3.